The van der Waals surface area contributed by atoms with Gasteiger partial charge in [0, 0.05) is 21.1 Å². The number of benzene rings is 3. The molecule has 0 saturated carbocycles. The molecular weight excluding hydrogens is 508 g/mol. The zero-order valence-corrected chi connectivity index (χ0v) is 20.5. The normalized spacial score (nSPS) is 21.5. The minimum atomic E-state index is -3.74. The van der Waals surface area contributed by atoms with Crippen LogP contribution >= 0.6 is 27.5 Å². The molecule has 2 N–H and O–H groups in total. The summed E-state index contributed by atoms with van der Waals surface area (Å²) in [6, 6.07) is 19.0. The third-order valence-electron chi connectivity index (χ3n) is 6.28. The number of fused-ring (bicyclic) bond motifs is 3. The van der Waals surface area contributed by atoms with Gasteiger partial charge in [-0.3, -0.25) is 4.72 Å². The molecule has 1 aliphatic heterocycles. The molecule has 3 aromatic carbocycles. The third kappa shape index (κ3) is 3.96. The van der Waals surface area contributed by atoms with Crippen LogP contribution < -0.4 is 10.0 Å². The van der Waals surface area contributed by atoms with Crippen LogP contribution in [0, 0.1) is 12.8 Å². The first-order chi connectivity index (χ1) is 15.3. The Morgan fingerprint density at radius 2 is 1.94 bits per heavy atom. The fraction of sp³-hybridized carbons (Fsp3) is 0.200. The molecule has 1 heterocycles. The van der Waals surface area contributed by atoms with E-state index in [1.54, 1.807) is 30.3 Å². The van der Waals surface area contributed by atoms with Crippen molar-refractivity contribution in [2.24, 2.45) is 5.92 Å². The van der Waals surface area contributed by atoms with Gasteiger partial charge in [0.15, 0.2) is 0 Å². The monoisotopic (exact) mass is 528 g/mol. The zero-order valence-electron chi connectivity index (χ0n) is 17.3. The predicted octanol–water partition coefficient (Wildman–Crippen LogP) is 7.04. The maximum Gasteiger partial charge on any atom is 0.261 e. The molecule has 2 aliphatic rings. The first-order valence-corrected chi connectivity index (χ1v) is 13.1. The van der Waals surface area contributed by atoms with Crippen LogP contribution in [0.5, 0.6) is 0 Å². The molecule has 5 rings (SSSR count). The van der Waals surface area contributed by atoms with Crippen LogP contribution in [0.25, 0.3) is 0 Å². The van der Waals surface area contributed by atoms with Crippen molar-refractivity contribution in [2.45, 2.75) is 30.2 Å². The van der Waals surface area contributed by atoms with Gasteiger partial charge in [0.1, 0.15) is 0 Å². The molecule has 0 unspecified atom stereocenters. The third-order valence-corrected chi connectivity index (χ3v) is 8.56. The maximum absolute atomic E-state index is 13.1. The molecule has 4 nitrogen and oxygen atoms in total. The Balaban J connectivity index is 1.49. The number of sulfonamides is 1. The molecular formula is C25H22BrClN2O2S. The number of hydrogen-bond donors (Lipinski definition) is 2. The molecule has 0 radical (unpaired) electrons. The Morgan fingerprint density at radius 3 is 2.72 bits per heavy atom. The van der Waals surface area contributed by atoms with Crippen molar-refractivity contribution in [1.82, 2.24) is 0 Å². The summed E-state index contributed by atoms with van der Waals surface area (Å²) in [5.41, 5.74) is 4.55. The lowest BCUT2D eigenvalue weighted by molar-refractivity contribution is 0.425. The zero-order chi connectivity index (χ0) is 22.5. The highest BCUT2D eigenvalue weighted by molar-refractivity contribution is 9.10. The average molecular weight is 530 g/mol. The molecule has 164 valence electrons. The van der Waals surface area contributed by atoms with Gasteiger partial charge < -0.3 is 5.32 Å². The van der Waals surface area contributed by atoms with E-state index < -0.39 is 10.0 Å². The number of rotatable bonds is 4. The van der Waals surface area contributed by atoms with E-state index in [0.29, 0.717) is 16.6 Å². The lowest BCUT2D eigenvalue weighted by Crippen LogP contribution is -2.29. The van der Waals surface area contributed by atoms with Gasteiger partial charge in [-0.2, -0.15) is 0 Å². The number of nitrogens with one attached hydrogen (secondary N) is 2. The van der Waals surface area contributed by atoms with Crippen LogP contribution in [0.4, 0.5) is 11.4 Å². The van der Waals surface area contributed by atoms with Gasteiger partial charge in [0.25, 0.3) is 10.0 Å². The minimum absolute atomic E-state index is 0.162. The van der Waals surface area contributed by atoms with Crippen LogP contribution in [0.3, 0.4) is 0 Å². The minimum Gasteiger partial charge on any atom is -0.378 e. The molecule has 0 bridgehead atoms. The molecule has 0 saturated heterocycles. The fourth-order valence-corrected chi connectivity index (χ4v) is 6.32. The number of hydrogen-bond acceptors (Lipinski definition) is 3. The molecule has 32 heavy (non-hydrogen) atoms. The number of allylic oxidation sites excluding steroid dienone is 2. The summed E-state index contributed by atoms with van der Waals surface area (Å²) >= 11 is 9.74. The topological polar surface area (TPSA) is 58.2 Å². The Labute approximate surface area is 201 Å². The largest absolute Gasteiger partial charge is 0.378 e. The van der Waals surface area contributed by atoms with E-state index in [1.807, 2.05) is 25.1 Å². The van der Waals surface area contributed by atoms with Crippen LogP contribution in [0.15, 0.2) is 82.2 Å². The van der Waals surface area contributed by atoms with Gasteiger partial charge in [0.2, 0.25) is 0 Å². The van der Waals surface area contributed by atoms with Gasteiger partial charge in [-0.25, -0.2) is 8.42 Å². The summed E-state index contributed by atoms with van der Waals surface area (Å²) in [4.78, 5) is 0.245. The molecule has 3 aromatic rings. The summed E-state index contributed by atoms with van der Waals surface area (Å²) in [6.45, 7) is 1.88. The van der Waals surface area contributed by atoms with E-state index >= 15 is 0 Å². The Morgan fingerprint density at radius 1 is 1.09 bits per heavy atom. The van der Waals surface area contributed by atoms with E-state index in [4.69, 9.17) is 11.6 Å². The van der Waals surface area contributed by atoms with Crippen molar-refractivity contribution >= 4 is 48.9 Å². The molecule has 3 atom stereocenters. The van der Waals surface area contributed by atoms with Gasteiger partial charge in [0.05, 0.1) is 16.6 Å². The lowest BCUT2D eigenvalue weighted by atomic mass is 9.77. The summed E-state index contributed by atoms with van der Waals surface area (Å²) in [5, 5.41) is 4.19. The van der Waals surface area contributed by atoms with E-state index in [1.165, 1.54) is 5.56 Å². The molecule has 0 fully saturated rings. The van der Waals surface area contributed by atoms with Gasteiger partial charge in [-0.1, -0.05) is 57.9 Å². The van der Waals surface area contributed by atoms with Crippen LogP contribution in [0.2, 0.25) is 5.02 Å². The van der Waals surface area contributed by atoms with Gasteiger partial charge >= 0.3 is 0 Å². The fourth-order valence-electron chi connectivity index (χ4n) is 4.64. The van der Waals surface area contributed by atoms with Crippen molar-refractivity contribution in [3.05, 3.63) is 99.0 Å². The first kappa shape index (κ1) is 21.6. The summed E-state index contributed by atoms with van der Waals surface area (Å²) < 4.78 is 29.9. The smallest absolute Gasteiger partial charge is 0.261 e. The lowest BCUT2D eigenvalue weighted by Gasteiger charge is -2.37. The maximum atomic E-state index is 13.1. The SMILES string of the molecule is Cc1ccc(NS(=O)(=O)c2ccc3c(c2)[C@H]2C=CC[C@H]2[C@@H](c2cccc(Br)c2)N3)cc1Cl. The Kier molecular flexibility index (Phi) is 5.56. The molecule has 1 aliphatic carbocycles. The van der Waals surface area contributed by atoms with Gasteiger partial charge in [-0.15, -0.1) is 0 Å². The van der Waals surface area contributed by atoms with Crippen LogP contribution in [0.1, 0.15) is 35.1 Å². The van der Waals surface area contributed by atoms with E-state index in [-0.39, 0.29) is 16.9 Å². The second-order valence-electron chi connectivity index (χ2n) is 8.35. The highest BCUT2D eigenvalue weighted by Crippen LogP contribution is 2.50. The summed E-state index contributed by atoms with van der Waals surface area (Å²) in [7, 11) is -3.74. The molecule has 0 aromatic heterocycles. The van der Waals surface area contributed by atoms with Crippen LogP contribution in [-0.4, -0.2) is 8.42 Å². The van der Waals surface area contributed by atoms with Crippen molar-refractivity contribution < 1.29 is 8.42 Å². The summed E-state index contributed by atoms with van der Waals surface area (Å²) in [5.74, 6) is 0.498. The van der Waals surface area contributed by atoms with Crippen molar-refractivity contribution in [3.8, 4) is 0 Å². The standard InChI is InChI=1S/C25H22BrClN2O2S/c1-15-8-9-18(13-23(15)27)29-32(30,31)19-10-11-24-22(14-19)20-6-3-7-21(20)25(28-24)16-4-2-5-17(26)12-16/h2-6,8-14,20-21,25,28-29H,7H2,1H3/t20-,21+,25+/m0/s1. The van der Waals surface area contributed by atoms with Crippen molar-refractivity contribution in [2.75, 3.05) is 10.0 Å². The molecule has 0 spiro atoms. The van der Waals surface area contributed by atoms with Crippen molar-refractivity contribution in [1.29, 1.82) is 0 Å². The van der Waals surface area contributed by atoms with E-state index in [9.17, 15) is 8.42 Å². The average Bonchev–Trinajstić information content (AvgIpc) is 3.25. The Bertz CT molecular complexity index is 1340. The summed E-state index contributed by atoms with van der Waals surface area (Å²) in [6.07, 6.45) is 5.36. The highest BCUT2D eigenvalue weighted by Gasteiger charge is 2.38. The van der Waals surface area contributed by atoms with E-state index in [0.717, 1.165) is 27.7 Å². The number of aryl methyl sites for hydroxylation is 1. The number of anilines is 2. The van der Waals surface area contributed by atoms with E-state index in [2.05, 4.69) is 50.3 Å². The number of halogens is 2. The van der Waals surface area contributed by atoms with Gasteiger partial charge in [-0.05, 0) is 78.4 Å². The van der Waals surface area contributed by atoms with Crippen LogP contribution in [-0.2, 0) is 10.0 Å². The second-order valence-corrected chi connectivity index (χ2v) is 11.4. The molecule has 7 heteroatoms. The predicted molar refractivity (Wildman–Crippen MR) is 134 cm³/mol. The highest BCUT2D eigenvalue weighted by atomic mass is 79.9. The second kappa shape index (κ2) is 8.25. The molecule has 0 amide bonds. The Hall–Kier alpha value is -2.28. The first-order valence-electron chi connectivity index (χ1n) is 10.4. The quantitative estimate of drug-likeness (QED) is 0.356. The van der Waals surface area contributed by atoms with Crippen molar-refractivity contribution in [3.63, 3.8) is 0 Å².